The number of hydrogen-bond acceptors (Lipinski definition) is 3. The molecule has 0 bridgehead atoms. The third-order valence-corrected chi connectivity index (χ3v) is 3.46. The van der Waals surface area contributed by atoms with E-state index >= 15 is 0 Å². The molecule has 0 aliphatic rings. The van der Waals surface area contributed by atoms with Gasteiger partial charge in [0.25, 0.3) is 5.56 Å². The smallest absolute Gasteiger partial charge is 0.254 e. The van der Waals surface area contributed by atoms with Gasteiger partial charge < -0.3 is 5.32 Å². The summed E-state index contributed by atoms with van der Waals surface area (Å²) in [6.45, 7) is 3.87. The van der Waals surface area contributed by atoms with Gasteiger partial charge in [0.15, 0.2) is 0 Å². The Morgan fingerprint density at radius 3 is 2.57 bits per heavy atom. The molecule has 1 N–H and O–H groups in total. The van der Waals surface area contributed by atoms with Gasteiger partial charge in [-0.2, -0.15) is 0 Å². The molecule has 0 atom stereocenters. The molecule has 1 amide bonds. The molecule has 0 saturated heterocycles. The summed E-state index contributed by atoms with van der Waals surface area (Å²) in [5.74, 6) is -0.0811. The van der Waals surface area contributed by atoms with Crippen LogP contribution in [0.15, 0.2) is 45.9 Å². The molecular weight excluding hydrogens is 334 g/mol. The number of nitrogens with zero attached hydrogens (tertiary/aromatic N) is 2. The molecule has 0 unspecified atom stereocenters. The number of aromatic nitrogens is 2. The van der Waals surface area contributed by atoms with Crippen molar-refractivity contribution in [3.63, 3.8) is 0 Å². The second-order valence-corrected chi connectivity index (χ2v) is 5.91. The summed E-state index contributed by atoms with van der Waals surface area (Å²) in [5.41, 5.74) is 1.19. The number of nitrogens with one attached hydrogen (secondary N) is 1. The average molecular weight is 350 g/mol. The SMILES string of the molecule is CC(C)c1cc(=O)n(CC(=O)Nc2ccc(Br)cc2)cn1. The van der Waals surface area contributed by atoms with Crippen LogP contribution in [-0.2, 0) is 11.3 Å². The van der Waals surface area contributed by atoms with Gasteiger partial charge in [0.05, 0.1) is 12.0 Å². The summed E-state index contributed by atoms with van der Waals surface area (Å²) in [7, 11) is 0. The van der Waals surface area contributed by atoms with Crippen LogP contribution in [0.2, 0.25) is 0 Å². The van der Waals surface area contributed by atoms with Crippen molar-refractivity contribution >= 4 is 27.5 Å². The van der Waals surface area contributed by atoms with E-state index in [4.69, 9.17) is 0 Å². The zero-order valence-electron chi connectivity index (χ0n) is 11.8. The molecule has 110 valence electrons. The number of halogens is 1. The van der Waals surface area contributed by atoms with Gasteiger partial charge in [0, 0.05) is 16.2 Å². The van der Waals surface area contributed by atoms with E-state index in [0.717, 1.165) is 10.2 Å². The zero-order valence-corrected chi connectivity index (χ0v) is 13.4. The van der Waals surface area contributed by atoms with Gasteiger partial charge in [-0.05, 0) is 30.2 Å². The highest BCUT2D eigenvalue weighted by atomic mass is 79.9. The normalized spacial score (nSPS) is 10.7. The van der Waals surface area contributed by atoms with Gasteiger partial charge in [-0.1, -0.05) is 29.8 Å². The first-order valence-corrected chi connectivity index (χ1v) is 7.37. The number of carbonyl (C=O) groups excluding carboxylic acids is 1. The number of hydrogen-bond donors (Lipinski definition) is 1. The predicted octanol–water partition coefficient (Wildman–Crippen LogP) is 2.77. The van der Waals surface area contributed by atoms with Crippen LogP contribution in [-0.4, -0.2) is 15.5 Å². The lowest BCUT2D eigenvalue weighted by Crippen LogP contribution is -2.28. The minimum atomic E-state index is -0.265. The van der Waals surface area contributed by atoms with E-state index in [1.807, 2.05) is 26.0 Å². The van der Waals surface area contributed by atoms with Gasteiger partial charge in [-0.3, -0.25) is 14.2 Å². The van der Waals surface area contributed by atoms with Crippen molar-refractivity contribution in [1.82, 2.24) is 9.55 Å². The minimum absolute atomic E-state index is 0.0553. The van der Waals surface area contributed by atoms with Gasteiger partial charge in [0.1, 0.15) is 6.54 Å². The standard InChI is InChI=1S/C15H16BrN3O2/c1-10(2)13-7-15(21)19(9-17-13)8-14(20)18-12-5-3-11(16)4-6-12/h3-7,9-10H,8H2,1-2H3,(H,18,20). The van der Waals surface area contributed by atoms with Crippen molar-refractivity contribution < 1.29 is 4.79 Å². The van der Waals surface area contributed by atoms with Crippen LogP contribution in [0, 0.1) is 0 Å². The second kappa shape index (κ2) is 6.67. The monoisotopic (exact) mass is 349 g/mol. The fourth-order valence-corrected chi connectivity index (χ4v) is 2.03. The molecule has 1 aromatic heterocycles. The molecular formula is C15H16BrN3O2. The van der Waals surface area contributed by atoms with Crippen LogP contribution in [0.25, 0.3) is 0 Å². The Balaban J connectivity index is 2.06. The van der Waals surface area contributed by atoms with E-state index in [2.05, 4.69) is 26.2 Å². The maximum atomic E-state index is 11.9. The molecule has 1 heterocycles. The number of amides is 1. The van der Waals surface area contributed by atoms with Crippen molar-refractivity contribution in [3.8, 4) is 0 Å². The summed E-state index contributed by atoms with van der Waals surface area (Å²) >= 11 is 3.33. The average Bonchev–Trinajstić information content (AvgIpc) is 2.43. The summed E-state index contributed by atoms with van der Waals surface area (Å²) in [6.07, 6.45) is 1.42. The first-order chi connectivity index (χ1) is 9.95. The van der Waals surface area contributed by atoms with E-state index < -0.39 is 0 Å². The van der Waals surface area contributed by atoms with Crippen LogP contribution in [0.4, 0.5) is 5.69 Å². The largest absolute Gasteiger partial charge is 0.325 e. The molecule has 1 aromatic carbocycles. The topological polar surface area (TPSA) is 64.0 Å². The molecule has 0 aliphatic heterocycles. The lowest BCUT2D eigenvalue weighted by Gasteiger charge is -2.09. The Bertz CT molecular complexity index is 693. The number of anilines is 1. The van der Waals surface area contributed by atoms with Gasteiger partial charge in [0.2, 0.25) is 5.91 Å². The van der Waals surface area contributed by atoms with Crippen molar-refractivity contribution in [3.05, 3.63) is 57.2 Å². The van der Waals surface area contributed by atoms with Crippen LogP contribution >= 0.6 is 15.9 Å². The van der Waals surface area contributed by atoms with Crippen LogP contribution in [0.5, 0.6) is 0 Å². The summed E-state index contributed by atoms with van der Waals surface area (Å²) in [6, 6.07) is 8.70. The summed E-state index contributed by atoms with van der Waals surface area (Å²) < 4.78 is 2.23. The molecule has 21 heavy (non-hydrogen) atoms. The molecule has 0 aliphatic carbocycles. The quantitative estimate of drug-likeness (QED) is 0.922. The number of carbonyl (C=O) groups is 1. The van der Waals surface area contributed by atoms with Crippen LogP contribution in [0.3, 0.4) is 0 Å². The highest BCUT2D eigenvalue weighted by molar-refractivity contribution is 9.10. The highest BCUT2D eigenvalue weighted by Crippen LogP contribution is 2.14. The van der Waals surface area contributed by atoms with Crippen molar-refractivity contribution in [2.24, 2.45) is 0 Å². The molecule has 5 nitrogen and oxygen atoms in total. The lowest BCUT2D eigenvalue weighted by molar-refractivity contribution is -0.116. The number of rotatable bonds is 4. The minimum Gasteiger partial charge on any atom is -0.325 e. The maximum Gasteiger partial charge on any atom is 0.254 e. The van der Waals surface area contributed by atoms with Gasteiger partial charge >= 0.3 is 0 Å². The third kappa shape index (κ3) is 4.26. The lowest BCUT2D eigenvalue weighted by atomic mass is 10.1. The third-order valence-electron chi connectivity index (χ3n) is 2.93. The first-order valence-electron chi connectivity index (χ1n) is 6.57. The second-order valence-electron chi connectivity index (χ2n) is 4.99. The fourth-order valence-electron chi connectivity index (χ4n) is 1.76. The summed E-state index contributed by atoms with van der Waals surface area (Å²) in [5, 5.41) is 2.73. The van der Waals surface area contributed by atoms with Gasteiger partial charge in [-0.25, -0.2) is 4.98 Å². The first kappa shape index (κ1) is 15.4. The Labute approximate surface area is 131 Å². The molecule has 0 radical (unpaired) electrons. The maximum absolute atomic E-state index is 11.9. The molecule has 0 fully saturated rings. The molecule has 0 saturated carbocycles. The molecule has 0 spiro atoms. The van der Waals surface area contributed by atoms with E-state index in [9.17, 15) is 9.59 Å². The fraction of sp³-hybridized carbons (Fsp3) is 0.267. The van der Waals surface area contributed by atoms with Crippen molar-refractivity contribution in [1.29, 1.82) is 0 Å². The van der Waals surface area contributed by atoms with Crippen LogP contribution < -0.4 is 10.9 Å². The zero-order chi connectivity index (χ0) is 15.4. The van der Waals surface area contributed by atoms with Crippen molar-refractivity contribution in [2.75, 3.05) is 5.32 Å². The molecule has 2 rings (SSSR count). The Morgan fingerprint density at radius 2 is 2.00 bits per heavy atom. The highest BCUT2D eigenvalue weighted by Gasteiger charge is 2.08. The Kier molecular flexibility index (Phi) is 4.90. The Morgan fingerprint density at radius 1 is 1.33 bits per heavy atom. The number of benzene rings is 1. The van der Waals surface area contributed by atoms with Crippen LogP contribution in [0.1, 0.15) is 25.5 Å². The predicted molar refractivity (Wildman–Crippen MR) is 85.4 cm³/mol. The molecule has 2 aromatic rings. The van der Waals surface area contributed by atoms with E-state index in [-0.39, 0.29) is 23.9 Å². The summed E-state index contributed by atoms with van der Waals surface area (Å²) in [4.78, 5) is 28.0. The van der Waals surface area contributed by atoms with E-state index in [0.29, 0.717) is 5.69 Å². The molecule has 6 heteroatoms. The van der Waals surface area contributed by atoms with E-state index in [1.165, 1.54) is 17.0 Å². The van der Waals surface area contributed by atoms with E-state index in [1.54, 1.807) is 12.1 Å². The Hall–Kier alpha value is -1.95. The van der Waals surface area contributed by atoms with Crippen molar-refractivity contribution in [2.45, 2.75) is 26.3 Å². The van der Waals surface area contributed by atoms with Gasteiger partial charge in [-0.15, -0.1) is 0 Å².